The van der Waals surface area contributed by atoms with Crippen LogP contribution in [0, 0.1) is 5.41 Å². The monoisotopic (exact) mass is 331 g/mol. The van der Waals surface area contributed by atoms with Gasteiger partial charge in [-0.15, -0.1) is 0 Å². The second kappa shape index (κ2) is 6.17. The molecular formula is C19H29N3O2. The maximum atomic E-state index is 12.9. The molecule has 1 aromatic rings. The number of amides is 1. The highest BCUT2D eigenvalue weighted by Crippen LogP contribution is 2.55. The van der Waals surface area contributed by atoms with Gasteiger partial charge in [0.25, 0.3) is 5.91 Å². The molecule has 1 heterocycles. The minimum Gasteiger partial charge on any atom is -0.378 e. The second-order valence-corrected chi connectivity index (χ2v) is 7.89. The highest BCUT2D eigenvalue weighted by Gasteiger charge is 2.58. The van der Waals surface area contributed by atoms with Gasteiger partial charge in [-0.2, -0.15) is 5.10 Å². The third-order valence-corrected chi connectivity index (χ3v) is 6.52. The number of H-pyrrole nitrogens is 1. The molecule has 3 aliphatic rings. The minimum absolute atomic E-state index is 0.0584. The fraction of sp³-hybridized carbons (Fsp3) is 0.789. The van der Waals surface area contributed by atoms with E-state index in [-0.39, 0.29) is 11.3 Å². The van der Waals surface area contributed by atoms with Crippen molar-refractivity contribution in [1.82, 2.24) is 15.1 Å². The maximum absolute atomic E-state index is 12.9. The van der Waals surface area contributed by atoms with E-state index in [9.17, 15) is 4.79 Å². The van der Waals surface area contributed by atoms with E-state index < -0.39 is 0 Å². The topological polar surface area (TPSA) is 58.2 Å². The van der Waals surface area contributed by atoms with Gasteiger partial charge in [-0.3, -0.25) is 9.89 Å². The number of rotatable bonds is 5. The van der Waals surface area contributed by atoms with E-state index in [4.69, 9.17) is 4.74 Å². The normalized spacial score (nSPS) is 28.6. The van der Waals surface area contributed by atoms with Gasteiger partial charge in [0.15, 0.2) is 0 Å². The molecular weight excluding hydrogens is 302 g/mol. The predicted octanol–water partition coefficient (Wildman–Crippen LogP) is 3.49. The molecule has 4 rings (SSSR count). The van der Waals surface area contributed by atoms with Gasteiger partial charge in [-0.05, 0) is 45.1 Å². The first-order valence-electron chi connectivity index (χ1n) is 9.60. The fourth-order valence-electron chi connectivity index (χ4n) is 4.94. The SMILES string of the molecule is CCOC1CC(N(C)C(=O)c2cc(C3CC3)[nH]n2)C12CCCCC2. The highest BCUT2D eigenvalue weighted by molar-refractivity contribution is 5.92. The number of nitrogens with zero attached hydrogens (tertiary/aromatic N) is 2. The molecule has 1 amide bonds. The van der Waals surface area contributed by atoms with Crippen molar-refractivity contribution in [2.45, 2.75) is 76.4 Å². The Bertz CT molecular complexity index is 602. The lowest BCUT2D eigenvalue weighted by Crippen LogP contribution is -2.65. The van der Waals surface area contributed by atoms with Crippen LogP contribution in [0.5, 0.6) is 0 Å². The second-order valence-electron chi connectivity index (χ2n) is 7.89. The Kier molecular flexibility index (Phi) is 4.15. The summed E-state index contributed by atoms with van der Waals surface area (Å²) in [5.41, 5.74) is 1.87. The van der Waals surface area contributed by atoms with Gasteiger partial charge in [0.05, 0.1) is 6.10 Å². The summed E-state index contributed by atoms with van der Waals surface area (Å²) in [5.74, 6) is 0.656. The molecule has 2 unspecified atom stereocenters. The number of nitrogens with one attached hydrogen (secondary N) is 1. The third-order valence-electron chi connectivity index (χ3n) is 6.52. The van der Waals surface area contributed by atoms with Gasteiger partial charge >= 0.3 is 0 Å². The van der Waals surface area contributed by atoms with Crippen molar-refractivity contribution in [2.75, 3.05) is 13.7 Å². The van der Waals surface area contributed by atoms with E-state index in [0.717, 1.165) is 18.7 Å². The molecule has 3 fully saturated rings. The molecule has 24 heavy (non-hydrogen) atoms. The molecule has 0 saturated heterocycles. The summed E-state index contributed by atoms with van der Waals surface area (Å²) in [7, 11) is 1.96. The summed E-state index contributed by atoms with van der Waals surface area (Å²) in [6.45, 7) is 2.84. The van der Waals surface area contributed by atoms with Crippen molar-refractivity contribution < 1.29 is 9.53 Å². The molecule has 132 valence electrons. The van der Waals surface area contributed by atoms with Crippen LogP contribution in [-0.4, -0.2) is 46.8 Å². The van der Waals surface area contributed by atoms with Crippen LogP contribution in [0.4, 0.5) is 0 Å². The Morgan fingerprint density at radius 1 is 1.38 bits per heavy atom. The maximum Gasteiger partial charge on any atom is 0.274 e. The smallest absolute Gasteiger partial charge is 0.274 e. The summed E-state index contributed by atoms with van der Waals surface area (Å²) in [5, 5.41) is 7.34. The minimum atomic E-state index is 0.0584. The van der Waals surface area contributed by atoms with Crippen molar-refractivity contribution in [1.29, 1.82) is 0 Å². The van der Waals surface area contributed by atoms with Crippen LogP contribution in [0.15, 0.2) is 6.07 Å². The Morgan fingerprint density at radius 3 is 2.79 bits per heavy atom. The van der Waals surface area contributed by atoms with Crippen LogP contribution >= 0.6 is 0 Å². The zero-order chi connectivity index (χ0) is 16.7. The van der Waals surface area contributed by atoms with Crippen molar-refractivity contribution in [2.24, 2.45) is 5.41 Å². The van der Waals surface area contributed by atoms with E-state index in [1.807, 2.05) is 18.0 Å². The van der Waals surface area contributed by atoms with Crippen molar-refractivity contribution >= 4 is 5.91 Å². The molecule has 2 atom stereocenters. The van der Waals surface area contributed by atoms with Crippen molar-refractivity contribution in [3.63, 3.8) is 0 Å². The number of carbonyl (C=O) groups is 1. The van der Waals surface area contributed by atoms with E-state index in [2.05, 4.69) is 17.1 Å². The lowest BCUT2D eigenvalue weighted by molar-refractivity contribution is -0.170. The average molecular weight is 331 g/mol. The van der Waals surface area contributed by atoms with E-state index in [0.29, 0.717) is 23.8 Å². The highest BCUT2D eigenvalue weighted by atomic mass is 16.5. The lowest BCUT2D eigenvalue weighted by atomic mass is 9.54. The molecule has 3 saturated carbocycles. The van der Waals surface area contributed by atoms with Crippen LogP contribution in [0.3, 0.4) is 0 Å². The predicted molar refractivity (Wildman–Crippen MR) is 92.0 cm³/mol. The third kappa shape index (κ3) is 2.57. The van der Waals surface area contributed by atoms with Crippen LogP contribution in [-0.2, 0) is 4.74 Å². The summed E-state index contributed by atoms with van der Waals surface area (Å²) < 4.78 is 6.02. The summed E-state index contributed by atoms with van der Waals surface area (Å²) in [4.78, 5) is 14.9. The zero-order valence-electron chi connectivity index (χ0n) is 14.9. The number of hydrogen-bond donors (Lipinski definition) is 1. The Balaban J connectivity index is 1.49. The lowest BCUT2D eigenvalue weighted by Gasteiger charge is -2.60. The molecule has 5 nitrogen and oxygen atoms in total. The molecule has 3 aliphatic carbocycles. The van der Waals surface area contributed by atoms with Gasteiger partial charge in [0.2, 0.25) is 0 Å². The quantitative estimate of drug-likeness (QED) is 0.898. The standard InChI is InChI=1S/C19H29N3O2/c1-3-24-17-12-16(19(17)9-5-4-6-10-19)22(2)18(23)15-11-14(20-21-15)13-7-8-13/h11,13,16-17H,3-10,12H2,1-2H3,(H,20,21). The van der Waals surface area contributed by atoms with Crippen LogP contribution in [0.1, 0.15) is 80.4 Å². The van der Waals surface area contributed by atoms with E-state index in [1.165, 1.54) is 44.9 Å². The summed E-state index contributed by atoms with van der Waals surface area (Å²) in [6, 6.07) is 2.26. The van der Waals surface area contributed by atoms with Crippen LogP contribution in [0.25, 0.3) is 0 Å². The van der Waals surface area contributed by atoms with Gasteiger partial charge < -0.3 is 9.64 Å². The zero-order valence-corrected chi connectivity index (χ0v) is 14.9. The molecule has 1 aromatic heterocycles. The fourth-order valence-corrected chi connectivity index (χ4v) is 4.94. The van der Waals surface area contributed by atoms with Gasteiger partial charge in [0, 0.05) is 36.7 Å². The molecule has 5 heteroatoms. The van der Waals surface area contributed by atoms with Gasteiger partial charge in [-0.25, -0.2) is 0 Å². The Labute approximate surface area is 144 Å². The number of aromatic amines is 1. The van der Waals surface area contributed by atoms with E-state index >= 15 is 0 Å². The van der Waals surface area contributed by atoms with Crippen molar-refractivity contribution in [3.05, 3.63) is 17.5 Å². The first-order chi connectivity index (χ1) is 11.7. The average Bonchev–Trinajstić information content (AvgIpc) is 3.35. The largest absolute Gasteiger partial charge is 0.378 e. The van der Waals surface area contributed by atoms with E-state index in [1.54, 1.807) is 0 Å². The number of hydrogen-bond acceptors (Lipinski definition) is 3. The van der Waals surface area contributed by atoms with Crippen LogP contribution < -0.4 is 0 Å². The first-order valence-corrected chi connectivity index (χ1v) is 9.60. The molecule has 0 radical (unpaired) electrons. The molecule has 0 bridgehead atoms. The Hall–Kier alpha value is -1.36. The van der Waals surface area contributed by atoms with Gasteiger partial charge in [-0.1, -0.05) is 19.3 Å². The number of ether oxygens (including phenoxy) is 1. The number of aromatic nitrogens is 2. The molecule has 0 aromatic carbocycles. The first kappa shape index (κ1) is 16.1. The molecule has 1 spiro atoms. The molecule has 0 aliphatic heterocycles. The Morgan fingerprint density at radius 2 is 2.12 bits per heavy atom. The number of carbonyl (C=O) groups excluding carboxylic acids is 1. The van der Waals surface area contributed by atoms with Crippen LogP contribution in [0.2, 0.25) is 0 Å². The molecule has 1 N–H and O–H groups in total. The van der Waals surface area contributed by atoms with Crippen molar-refractivity contribution in [3.8, 4) is 0 Å². The summed E-state index contributed by atoms with van der Waals surface area (Å²) in [6.07, 6.45) is 9.93. The van der Waals surface area contributed by atoms with Gasteiger partial charge in [0.1, 0.15) is 5.69 Å². The summed E-state index contributed by atoms with van der Waals surface area (Å²) >= 11 is 0.